The molecule has 14 heteroatoms. The van der Waals surface area contributed by atoms with Gasteiger partial charge in [-0.1, -0.05) is 44.6 Å². The number of hydrogen-bond acceptors (Lipinski definition) is 13. The van der Waals surface area contributed by atoms with Gasteiger partial charge in [0.25, 0.3) is 11.7 Å². The number of hydrogen-bond donors (Lipinski definition) is 5. The number of aliphatic hydroxyl groups excluding tert-OH is 4. The van der Waals surface area contributed by atoms with Crippen LogP contribution in [0.25, 0.3) is 0 Å². The van der Waals surface area contributed by atoms with Gasteiger partial charge in [0, 0.05) is 44.9 Å². The summed E-state index contributed by atoms with van der Waals surface area (Å²) in [7, 11) is 2.92. The zero-order valence-electron chi connectivity index (χ0n) is 34.7. The number of cyclic esters (lactones) is 1. The highest BCUT2D eigenvalue weighted by Gasteiger charge is 2.57. The molecule has 0 aromatic heterocycles. The molecule has 1 saturated carbocycles. The van der Waals surface area contributed by atoms with Crippen molar-refractivity contribution in [1.82, 2.24) is 4.90 Å². The van der Waals surface area contributed by atoms with E-state index >= 15 is 0 Å². The van der Waals surface area contributed by atoms with Crippen LogP contribution in [0.1, 0.15) is 98.8 Å². The maximum atomic E-state index is 14.3. The summed E-state index contributed by atoms with van der Waals surface area (Å²) in [5.41, 5.74) is 1.35. The van der Waals surface area contributed by atoms with Crippen LogP contribution in [0, 0.1) is 29.6 Å². The summed E-state index contributed by atoms with van der Waals surface area (Å²) in [4.78, 5) is 57.4. The Kier molecular flexibility index (Phi) is 16.8. The molecule has 3 fully saturated rings. The highest BCUT2D eigenvalue weighted by atomic mass is 16.7. The molecule has 3 aliphatic heterocycles. The van der Waals surface area contributed by atoms with Gasteiger partial charge in [-0.05, 0) is 89.0 Å². The molecule has 0 spiro atoms. The Morgan fingerprint density at radius 2 is 1.63 bits per heavy atom. The number of aliphatic hydroxyl groups is 5. The third kappa shape index (κ3) is 10.9. The lowest BCUT2D eigenvalue weighted by Gasteiger charge is -2.47. The van der Waals surface area contributed by atoms with E-state index in [4.69, 9.17) is 18.9 Å². The van der Waals surface area contributed by atoms with E-state index in [9.17, 15) is 44.7 Å². The molecule has 0 radical (unpaired) electrons. The van der Waals surface area contributed by atoms with Crippen LogP contribution >= 0.6 is 0 Å². The Balaban J connectivity index is 1.78. The summed E-state index contributed by atoms with van der Waals surface area (Å²) in [6.45, 7) is 12.3. The number of carbonyl (C=O) groups is 4. The summed E-state index contributed by atoms with van der Waals surface area (Å²) < 4.78 is 23.3. The molecule has 0 unspecified atom stereocenters. The Labute approximate surface area is 337 Å². The minimum atomic E-state index is -2.71. The van der Waals surface area contributed by atoms with Crippen LogP contribution in [0.15, 0.2) is 36.0 Å². The van der Waals surface area contributed by atoms with Gasteiger partial charge >= 0.3 is 5.97 Å². The first kappa shape index (κ1) is 46.9. The third-order valence-corrected chi connectivity index (χ3v) is 12.8. The molecule has 322 valence electrons. The van der Waals surface area contributed by atoms with Crippen LogP contribution in [-0.4, -0.2) is 135 Å². The molecule has 15 atom stereocenters. The Bertz CT molecular complexity index is 1500. The number of methoxy groups -OCH3 is 2. The Hall–Kier alpha value is -2.82. The van der Waals surface area contributed by atoms with Crippen LogP contribution < -0.4 is 0 Å². The fourth-order valence-electron chi connectivity index (χ4n) is 9.16. The predicted octanol–water partition coefficient (Wildman–Crippen LogP) is 2.96. The molecule has 4 rings (SSSR count). The van der Waals surface area contributed by atoms with Gasteiger partial charge in [-0.3, -0.25) is 14.4 Å². The number of ketones is 2. The van der Waals surface area contributed by atoms with Crippen molar-refractivity contribution in [2.24, 2.45) is 29.6 Å². The first-order chi connectivity index (χ1) is 26.9. The maximum Gasteiger partial charge on any atom is 0.329 e. The van der Waals surface area contributed by atoms with Crippen molar-refractivity contribution in [2.75, 3.05) is 20.8 Å². The van der Waals surface area contributed by atoms with E-state index in [-0.39, 0.29) is 56.5 Å². The van der Waals surface area contributed by atoms with Crippen LogP contribution in [0.4, 0.5) is 0 Å². The van der Waals surface area contributed by atoms with Gasteiger partial charge in [-0.25, -0.2) is 4.79 Å². The summed E-state index contributed by atoms with van der Waals surface area (Å²) in [5, 5.41) is 56.8. The standard InChI is InChI=1S/C43H67NO13/c1-9-12-29-18-23(2)17-24(3)36(48)37(49)39-35(55-8)20-26(5)43(53,57-39)40(50)41(51)44-16-11-10-13-30(44)42(52)56-38(27(6)32(46)22-33(29)47)25(4)19-28-14-15-31(45)34(21-28)54-7/h9,18-19,24,26-32,34-39,45-46,48-49,53H,1,10-17,20-22H2,2-8H3/b23-18+,25-19+/t24-,26+,27+,28-,29+,30-,31+,32-,34+,35-,36+,37-,38+,39-,43+/m0/s1. The molecular formula is C43H67NO13. The monoisotopic (exact) mass is 805 g/mol. The molecular weight excluding hydrogens is 738 g/mol. The minimum absolute atomic E-state index is 0.00316. The lowest BCUT2D eigenvalue weighted by atomic mass is 9.81. The topological polar surface area (TPSA) is 210 Å². The van der Waals surface area contributed by atoms with Gasteiger partial charge in [-0.15, -0.1) is 6.58 Å². The fourth-order valence-corrected chi connectivity index (χ4v) is 9.16. The molecule has 57 heavy (non-hydrogen) atoms. The molecule has 0 aromatic rings. The molecule has 4 aliphatic rings. The number of fused-ring (bicyclic) bond motifs is 3. The highest BCUT2D eigenvalue weighted by molar-refractivity contribution is 6.39. The minimum Gasteiger partial charge on any atom is -0.456 e. The second-order valence-corrected chi connectivity index (χ2v) is 17.1. The van der Waals surface area contributed by atoms with Crippen LogP contribution in [0.2, 0.25) is 0 Å². The third-order valence-electron chi connectivity index (χ3n) is 12.8. The van der Waals surface area contributed by atoms with Crippen molar-refractivity contribution < 1.29 is 63.7 Å². The van der Waals surface area contributed by atoms with Gasteiger partial charge in [0.15, 0.2) is 0 Å². The fraction of sp³-hybridized carbons (Fsp3) is 0.767. The molecule has 5 N–H and O–H groups in total. The van der Waals surface area contributed by atoms with Gasteiger partial charge < -0.3 is 49.4 Å². The van der Waals surface area contributed by atoms with Crippen LogP contribution in [-0.2, 0) is 38.1 Å². The molecule has 2 bridgehead atoms. The van der Waals surface area contributed by atoms with E-state index in [1.807, 2.05) is 6.08 Å². The molecule has 1 aliphatic carbocycles. The number of rotatable bonds is 6. The summed E-state index contributed by atoms with van der Waals surface area (Å²) in [5.74, 6) is -9.32. The van der Waals surface area contributed by atoms with E-state index < -0.39 is 95.9 Å². The normalized spacial score (nSPS) is 42.3. The zero-order valence-corrected chi connectivity index (χ0v) is 34.7. The first-order valence-electron chi connectivity index (χ1n) is 20.6. The summed E-state index contributed by atoms with van der Waals surface area (Å²) in [6, 6.07) is -1.21. The quantitative estimate of drug-likeness (QED) is 0.149. The van der Waals surface area contributed by atoms with Crippen molar-refractivity contribution in [2.45, 2.75) is 159 Å². The van der Waals surface area contributed by atoms with Crippen molar-refractivity contribution in [3.8, 4) is 0 Å². The maximum absolute atomic E-state index is 14.3. The van der Waals surface area contributed by atoms with Gasteiger partial charge in [-0.2, -0.15) is 0 Å². The molecule has 1 amide bonds. The van der Waals surface area contributed by atoms with Crippen LogP contribution in [0.5, 0.6) is 0 Å². The van der Waals surface area contributed by atoms with Crippen LogP contribution in [0.3, 0.4) is 0 Å². The second kappa shape index (κ2) is 20.4. The average molecular weight is 806 g/mol. The Morgan fingerprint density at radius 3 is 2.28 bits per heavy atom. The van der Waals surface area contributed by atoms with Gasteiger partial charge in [0.05, 0.1) is 30.5 Å². The zero-order chi connectivity index (χ0) is 42.4. The smallest absolute Gasteiger partial charge is 0.329 e. The number of allylic oxidation sites excluding steroid dienone is 4. The van der Waals surface area contributed by atoms with E-state index in [2.05, 4.69) is 6.58 Å². The lowest BCUT2D eigenvalue weighted by Crippen LogP contribution is -2.65. The van der Waals surface area contributed by atoms with E-state index in [1.54, 1.807) is 47.0 Å². The number of Topliss-reactive ketones (excluding diaryl/α,β-unsaturated/α-hetero) is 2. The largest absolute Gasteiger partial charge is 0.456 e. The average Bonchev–Trinajstić information content (AvgIpc) is 3.19. The highest BCUT2D eigenvalue weighted by Crippen LogP contribution is 2.39. The van der Waals surface area contributed by atoms with E-state index in [0.717, 1.165) is 10.5 Å². The summed E-state index contributed by atoms with van der Waals surface area (Å²) >= 11 is 0. The first-order valence-corrected chi connectivity index (χ1v) is 20.6. The van der Waals surface area contributed by atoms with Crippen molar-refractivity contribution in [3.63, 3.8) is 0 Å². The molecule has 14 nitrogen and oxygen atoms in total. The van der Waals surface area contributed by atoms with E-state index in [0.29, 0.717) is 37.7 Å². The number of esters is 1. The van der Waals surface area contributed by atoms with Crippen molar-refractivity contribution in [1.29, 1.82) is 0 Å². The molecule has 3 heterocycles. The number of carbonyl (C=O) groups excluding carboxylic acids is 4. The molecule has 2 saturated heterocycles. The number of ether oxygens (including phenoxy) is 4. The van der Waals surface area contributed by atoms with Gasteiger partial charge in [0.1, 0.15) is 30.1 Å². The second-order valence-electron chi connectivity index (χ2n) is 17.1. The SMILES string of the molecule is C=CC[C@@H]1/C=C(\C)C[C@H](C)[C@@H](O)[C@H](O)[C@H]2O[C@@](O)(C(=O)C(=O)N3CCCC[C@H]3C(=O)O[C@H](/C(C)=C/[C@@H]3CC[C@@H](O)[C@H](OC)C3)[C@H](C)[C@@H](O)CC1=O)[C@H](C)C[C@@H]2OC. The lowest BCUT2D eigenvalue weighted by molar-refractivity contribution is -0.306. The predicted molar refractivity (Wildman–Crippen MR) is 209 cm³/mol. The van der Waals surface area contributed by atoms with Gasteiger partial charge in [0.2, 0.25) is 5.79 Å². The van der Waals surface area contributed by atoms with Crippen molar-refractivity contribution >= 4 is 23.4 Å². The number of piperidine rings is 1. The molecule has 0 aromatic carbocycles. The number of amides is 1. The Morgan fingerprint density at radius 1 is 0.947 bits per heavy atom. The number of nitrogens with zero attached hydrogens (tertiary/aromatic N) is 1. The summed E-state index contributed by atoms with van der Waals surface area (Å²) in [6.07, 6.45) is -0.158. The van der Waals surface area contributed by atoms with E-state index in [1.165, 1.54) is 14.0 Å². The van der Waals surface area contributed by atoms with Crippen molar-refractivity contribution in [3.05, 3.63) is 36.0 Å².